The van der Waals surface area contributed by atoms with Crippen molar-refractivity contribution < 1.29 is 22.4 Å². The van der Waals surface area contributed by atoms with Crippen LogP contribution in [0.1, 0.15) is 47.1 Å². The highest BCUT2D eigenvalue weighted by Gasteiger charge is 2.42. The van der Waals surface area contributed by atoms with E-state index in [0.717, 1.165) is 37.1 Å². The molecule has 7 nitrogen and oxygen atoms in total. The molecule has 34 heavy (non-hydrogen) atoms. The summed E-state index contributed by atoms with van der Waals surface area (Å²) in [6, 6.07) is 14.7. The Hall–Kier alpha value is -3.31. The van der Waals surface area contributed by atoms with Gasteiger partial charge in [-0.15, -0.1) is 5.10 Å². The Balaban J connectivity index is 1.38. The number of hydrazine groups is 1. The van der Waals surface area contributed by atoms with Crippen molar-refractivity contribution >= 4 is 5.91 Å². The molecule has 0 radical (unpaired) electrons. The van der Waals surface area contributed by atoms with Gasteiger partial charge in [0.25, 0.3) is 5.91 Å². The molecule has 3 aromatic rings. The molecule has 1 amide bonds. The number of amides is 1. The van der Waals surface area contributed by atoms with E-state index in [1.807, 2.05) is 30.3 Å². The number of alkyl halides is 3. The Morgan fingerprint density at radius 2 is 1.82 bits per heavy atom. The fraction of sp³-hybridized carbons (Fsp3) is 0.348. The van der Waals surface area contributed by atoms with Crippen molar-refractivity contribution in [1.29, 1.82) is 0 Å². The number of hydrogen-bond acceptors (Lipinski definition) is 5. The number of rotatable bonds is 7. The normalized spacial score (nSPS) is 18.3. The minimum atomic E-state index is -4.88. The van der Waals surface area contributed by atoms with Gasteiger partial charge in [-0.3, -0.25) is 15.6 Å². The zero-order chi connectivity index (χ0) is 24.3. The standard InChI is InChI=1S/C23H24F4N6O/c1-32(13-5-8-17-14-19(29-28-17)15-6-3-2-4-7-15)22(34)20-21(23(25,26)27)33(31-30-20)18-11-9-16(24)10-12-18/h2-4,6-7,9-12,17,19,28-29H,5,8,13-14H2,1H3. The van der Waals surface area contributed by atoms with Gasteiger partial charge in [-0.25, -0.2) is 9.07 Å². The number of aromatic nitrogens is 3. The van der Waals surface area contributed by atoms with E-state index in [-0.39, 0.29) is 24.3 Å². The summed E-state index contributed by atoms with van der Waals surface area (Å²) < 4.78 is 55.1. The van der Waals surface area contributed by atoms with E-state index in [1.165, 1.54) is 17.5 Å². The first-order valence-electron chi connectivity index (χ1n) is 10.8. The molecule has 0 spiro atoms. The van der Waals surface area contributed by atoms with Crippen LogP contribution in [0.3, 0.4) is 0 Å². The number of carbonyl (C=O) groups is 1. The van der Waals surface area contributed by atoms with Crippen LogP contribution in [0, 0.1) is 5.82 Å². The lowest BCUT2D eigenvalue weighted by molar-refractivity contribution is -0.143. The van der Waals surface area contributed by atoms with Crippen molar-refractivity contribution in [3.8, 4) is 5.69 Å². The van der Waals surface area contributed by atoms with Crippen LogP contribution in [-0.2, 0) is 6.18 Å². The molecule has 2 N–H and O–H groups in total. The summed E-state index contributed by atoms with van der Waals surface area (Å²) in [5.41, 5.74) is 5.55. The first kappa shape index (κ1) is 23.8. The second-order valence-electron chi connectivity index (χ2n) is 8.23. The molecule has 2 atom stereocenters. The highest BCUT2D eigenvalue weighted by atomic mass is 19.4. The van der Waals surface area contributed by atoms with Crippen LogP contribution in [0.5, 0.6) is 0 Å². The van der Waals surface area contributed by atoms with Gasteiger partial charge >= 0.3 is 6.18 Å². The van der Waals surface area contributed by atoms with Crippen LogP contribution in [0.15, 0.2) is 54.6 Å². The van der Waals surface area contributed by atoms with Crippen molar-refractivity contribution in [3.05, 3.63) is 77.4 Å². The summed E-state index contributed by atoms with van der Waals surface area (Å²) in [6.07, 6.45) is -2.68. The van der Waals surface area contributed by atoms with E-state index >= 15 is 0 Å². The predicted molar refractivity (Wildman–Crippen MR) is 116 cm³/mol. The van der Waals surface area contributed by atoms with Crippen molar-refractivity contribution in [1.82, 2.24) is 30.7 Å². The Morgan fingerprint density at radius 1 is 1.12 bits per heavy atom. The van der Waals surface area contributed by atoms with Crippen LogP contribution < -0.4 is 10.9 Å². The van der Waals surface area contributed by atoms with Crippen LogP contribution in [0.2, 0.25) is 0 Å². The Kier molecular flexibility index (Phi) is 6.94. The third kappa shape index (κ3) is 5.26. The number of halogens is 4. The van der Waals surface area contributed by atoms with Crippen LogP contribution in [0.25, 0.3) is 5.69 Å². The molecular weight excluding hydrogens is 452 g/mol. The quantitative estimate of drug-likeness (QED) is 0.507. The lowest BCUT2D eigenvalue weighted by Crippen LogP contribution is -2.33. The van der Waals surface area contributed by atoms with Gasteiger partial charge < -0.3 is 4.90 Å². The van der Waals surface area contributed by atoms with Gasteiger partial charge in [-0.05, 0) is 49.1 Å². The molecular formula is C23H24F4N6O. The Bertz CT molecular complexity index is 1120. The fourth-order valence-corrected chi connectivity index (χ4v) is 4.02. The summed E-state index contributed by atoms with van der Waals surface area (Å²) >= 11 is 0. The smallest absolute Gasteiger partial charge is 0.340 e. The number of nitrogens with one attached hydrogen (secondary N) is 2. The zero-order valence-electron chi connectivity index (χ0n) is 18.4. The molecule has 1 aromatic heterocycles. The molecule has 180 valence electrons. The van der Waals surface area contributed by atoms with E-state index in [9.17, 15) is 22.4 Å². The molecule has 0 aliphatic carbocycles. The third-order valence-corrected chi connectivity index (χ3v) is 5.79. The average Bonchev–Trinajstić information content (AvgIpc) is 3.47. The molecule has 11 heteroatoms. The monoisotopic (exact) mass is 476 g/mol. The highest BCUT2D eigenvalue weighted by Crippen LogP contribution is 2.33. The van der Waals surface area contributed by atoms with Gasteiger partial charge in [0.2, 0.25) is 0 Å². The molecule has 0 bridgehead atoms. The molecule has 1 aliphatic heterocycles. The molecule has 1 saturated heterocycles. The van der Waals surface area contributed by atoms with Crippen molar-refractivity contribution in [2.75, 3.05) is 13.6 Å². The van der Waals surface area contributed by atoms with Gasteiger partial charge in [0.15, 0.2) is 11.4 Å². The van der Waals surface area contributed by atoms with Crippen LogP contribution in [0.4, 0.5) is 17.6 Å². The van der Waals surface area contributed by atoms with Gasteiger partial charge in [0.1, 0.15) is 5.82 Å². The first-order valence-corrected chi connectivity index (χ1v) is 10.8. The predicted octanol–water partition coefficient (Wildman–Crippen LogP) is 3.89. The summed E-state index contributed by atoms with van der Waals surface area (Å²) in [6.45, 7) is 0.258. The molecule has 0 saturated carbocycles. The number of nitrogens with zero attached hydrogens (tertiary/aromatic N) is 4. The van der Waals surface area contributed by atoms with E-state index in [0.29, 0.717) is 11.1 Å². The molecule has 2 heterocycles. The van der Waals surface area contributed by atoms with E-state index < -0.39 is 29.3 Å². The maximum atomic E-state index is 13.8. The van der Waals surface area contributed by atoms with Crippen molar-refractivity contribution in [2.45, 2.75) is 37.5 Å². The van der Waals surface area contributed by atoms with E-state index in [2.05, 4.69) is 21.2 Å². The second-order valence-corrected chi connectivity index (χ2v) is 8.23. The summed E-state index contributed by atoms with van der Waals surface area (Å²) in [5.74, 6) is -1.48. The summed E-state index contributed by atoms with van der Waals surface area (Å²) in [7, 11) is 1.44. The molecule has 4 rings (SSSR count). The van der Waals surface area contributed by atoms with E-state index in [1.54, 1.807) is 0 Å². The zero-order valence-corrected chi connectivity index (χ0v) is 18.4. The molecule has 2 aromatic carbocycles. The van der Waals surface area contributed by atoms with Crippen molar-refractivity contribution in [2.24, 2.45) is 0 Å². The average molecular weight is 476 g/mol. The van der Waals surface area contributed by atoms with Gasteiger partial charge in [0, 0.05) is 25.7 Å². The molecule has 1 fully saturated rings. The van der Waals surface area contributed by atoms with Crippen LogP contribution >= 0.6 is 0 Å². The SMILES string of the molecule is CN(CCCC1CC(c2ccccc2)NN1)C(=O)c1nnn(-c2ccc(F)cc2)c1C(F)(F)F. The highest BCUT2D eigenvalue weighted by molar-refractivity contribution is 5.93. The molecule has 1 aliphatic rings. The third-order valence-electron chi connectivity index (χ3n) is 5.79. The minimum absolute atomic E-state index is 0.0456. The number of hydrogen-bond donors (Lipinski definition) is 2. The van der Waals surface area contributed by atoms with Crippen LogP contribution in [-0.4, -0.2) is 45.4 Å². The lowest BCUT2D eigenvalue weighted by atomic mass is 10.00. The van der Waals surface area contributed by atoms with Gasteiger partial charge in [-0.1, -0.05) is 35.5 Å². The topological polar surface area (TPSA) is 75.1 Å². The van der Waals surface area contributed by atoms with E-state index in [4.69, 9.17) is 0 Å². The lowest BCUT2D eigenvalue weighted by Gasteiger charge is -2.18. The maximum Gasteiger partial charge on any atom is 0.435 e. The van der Waals surface area contributed by atoms with Gasteiger partial charge in [0.05, 0.1) is 5.69 Å². The Labute approximate surface area is 193 Å². The molecule has 2 unspecified atom stereocenters. The maximum absolute atomic E-state index is 13.8. The first-order chi connectivity index (χ1) is 16.2. The number of carbonyl (C=O) groups excluding carboxylic acids is 1. The summed E-state index contributed by atoms with van der Waals surface area (Å²) in [4.78, 5) is 14.0. The summed E-state index contributed by atoms with van der Waals surface area (Å²) in [5, 5.41) is 7.04. The second kappa shape index (κ2) is 9.90. The van der Waals surface area contributed by atoms with Crippen molar-refractivity contribution in [3.63, 3.8) is 0 Å². The van der Waals surface area contributed by atoms with Gasteiger partial charge in [-0.2, -0.15) is 13.2 Å². The Morgan fingerprint density at radius 3 is 2.50 bits per heavy atom. The minimum Gasteiger partial charge on any atom is -0.340 e. The largest absolute Gasteiger partial charge is 0.435 e. The fourth-order valence-electron chi connectivity index (χ4n) is 4.02. The number of benzene rings is 2.